The molecule has 16 heavy (non-hydrogen) atoms. The molecule has 1 saturated heterocycles. The molecule has 1 aliphatic rings. The summed E-state index contributed by atoms with van der Waals surface area (Å²) >= 11 is 0. The summed E-state index contributed by atoms with van der Waals surface area (Å²) in [5.41, 5.74) is 2.33. The van der Waals surface area contributed by atoms with Crippen LogP contribution in [-0.4, -0.2) is 24.2 Å². The monoisotopic (exact) mass is 219 g/mol. The van der Waals surface area contributed by atoms with Gasteiger partial charge in [0.1, 0.15) is 0 Å². The molecule has 0 aliphatic carbocycles. The van der Waals surface area contributed by atoms with Gasteiger partial charge in [-0.1, -0.05) is 19.1 Å². The minimum Gasteiger partial charge on any atom is -0.481 e. The molecular weight excluding hydrogens is 202 g/mol. The van der Waals surface area contributed by atoms with Gasteiger partial charge in [-0.3, -0.25) is 4.79 Å². The fourth-order valence-electron chi connectivity index (χ4n) is 2.07. The van der Waals surface area contributed by atoms with E-state index in [0.717, 1.165) is 24.6 Å². The third-order valence-corrected chi connectivity index (χ3v) is 2.97. The topological polar surface area (TPSA) is 40.5 Å². The first-order chi connectivity index (χ1) is 7.65. The summed E-state index contributed by atoms with van der Waals surface area (Å²) in [7, 11) is 0. The SMILES string of the molecule is CC1CN(c2cccc(CCC(=O)O)c2)C1. The Bertz CT molecular complexity index is 383. The first-order valence-electron chi connectivity index (χ1n) is 5.71. The van der Waals surface area contributed by atoms with Gasteiger partial charge in [-0.2, -0.15) is 0 Å². The highest BCUT2D eigenvalue weighted by Crippen LogP contribution is 2.25. The third kappa shape index (κ3) is 2.54. The largest absolute Gasteiger partial charge is 0.481 e. The molecule has 0 atom stereocenters. The Morgan fingerprint density at radius 1 is 1.50 bits per heavy atom. The quantitative estimate of drug-likeness (QED) is 0.843. The summed E-state index contributed by atoms with van der Waals surface area (Å²) in [6.07, 6.45) is 0.826. The molecule has 0 unspecified atom stereocenters. The van der Waals surface area contributed by atoms with E-state index in [-0.39, 0.29) is 6.42 Å². The average Bonchev–Trinajstić information content (AvgIpc) is 2.22. The Morgan fingerprint density at radius 3 is 2.88 bits per heavy atom. The summed E-state index contributed by atoms with van der Waals surface area (Å²) in [5, 5.41) is 8.63. The summed E-state index contributed by atoms with van der Waals surface area (Å²) in [6, 6.07) is 8.20. The Hall–Kier alpha value is -1.51. The molecule has 1 N–H and O–H groups in total. The van der Waals surface area contributed by atoms with Crippen molar-refractivity contribution in [2.75, 3.05) is 18.0 Å². The van der Waals surface area contributed by atoms with Gasteiger partial charge in [-0.25, -0.2) is 0 Å². The molecule has 0 radical (unpaired) electrons. The number of carboxylic acids is 1. The number of carbonyl (C=O) groups is 1. The van der Waals surface area contributed by atoms with Crippen LogP contribution >= 0.6 is 0 Å². The highest BCUT2D eigenvalue weighted by molar-refractivity contribution is 5.67. The zero-order valence-electron chi connectivity index (χ0n) is 9.52. The second-order valence-electron chi connectivity index (χ2n) is 4.57. The Kier molecular flexibility index (Phi) is 3.13. The highest BCUT2D eigenvalue weighted by Gasteiger charge is 2.22. The van der Waals surface area contributed by atoms with Crippen molar-refractivity contribution in [3.63, 3.8) is 0 Å². The molecule has 0 bridgehead atoms. The van der Waals surface area contributed by atoms with Crippen LogP contribution in [0.25, 0.3) is 0 Å². The number of carboxylic acid groups (broad SMARTS) is 1. The van der Waals surface area contributed by atoms with Crippen LogP contribution in [0.5, 0.6) is 0 Å². The summed E-state index contributed by atoms with van der Waals surface area (Å²) in [4.78, 5) is 12.8. The van der Waals surface area contributed by atoms with Gasteiger partial charge < -0.3 is 10.0 Å². The maximum absolute atomic E-state index is 10.5. The van der Waals surface area contributed by atoms with Crippen molar-refractivity contribution >= 4 is 11.7 Å². The van der Waals surface area contributed by atoms with Crippen LogP contribution in [0.4, 0.5) is 5.69 Å². The van der Waals surface area contributed by atoms with Crippen LogP contribution < -0.4 is 4.90 Å². The van der Waals surface area contributed by atoms with Gasteiger partial charge in [0.15, 0.2) is 0 Å². The molecule has 0 amide bonds. The van der Waals surface area contributed by atoms with E-state index in [1.165, 1.54) is 5.69 Å². The predicted molar refractivity (Wildman–Crippen MR) is 63.8 cm³/mol. The van der Waals surface area contributed by atoms with Crippen LogP contribution in [0.1, 0.15) is 18.9 Å². The van der Waals surface area contributed by atoms with Crippen LogP contribution in [0, 0.1) is 5.92 Å². The van der Waals surface area contributed by atoms with Crippen molar-refractivity contribution in [1.82, 2.24) is 0 Å². The van der Waals surface area contributed by atoms with Crippen molar-refractivity contribution < 1.29 is 9.90 Å². The fourth-order valence-corrected chi connectivity index (χ4v) is 2.07. The van der Waals surface area contributed by atoms with Gasteiger partial charge in [0.25, 0.3) is 0 Å². The predicted octanol–water partition coefficient (Wildman–Crippen LogP) is 2.16. The van der Waals surface area contributed by atoms with E-state index in [1.807, 2.05) is 12.1 Å². The third-order valence-electron chi connectivity index (χ3n) is 2.97. The van der Waals surface area contributed by atoms with Crippen molar-refractivity contribution in [3.8, 4) is 0 Å². The average molecular weight is 219 g/mol. The molecular formula is C13H17NO2. The zero-order chi connectivity index (χ0) is 11.5. The normalized spacial score (nSPS) is 15.9. The van der Waals surface area contributed by atoms with Crippen LogP contribution in [0.2, 0.25) is 0 Å². The van der Waals surface area contributed by atoms with Crippen molar-refractivity contribution in [3.05, 3.63) is 29.8 Å². The number of aryl methyl sites for hydroxylation is 1. The zero-order valence-corrected chi connectivity index (χ0v) is 9.52. The summed E-state index contributed by atoms with van der Waals surface area (Å²) < 4.78 is 0. The van der Waals surface area contributed by atoms with Gasteiger partial charge in [-0.15, -0.1) is 0 Å². The molecule has 0 spiro atoms. The van der Waals surface area contributed by atoms with E-state index >= 15 is 0 Å². The van der Waals surface area contributed by atoms with Crippen molar-refractivity contribution in [2.45, 2.75) is 19.8 Å². The Balaban J connectivity index is 1.99. The highest BCUT2D eigenvalue weighted by atomic mass is 16.4. The van der Waals surface area contributed by atoms with E-state index in [9.17, 15) is 4.79 Å². The molecule has 3 heteroatoms. The summed E-state index contributed by atoms with van der Waals surface area (Å²) in [6.45, 7) is 4.47. The molecule has 0 aromatic heterocycles. The number of benzene rings is 1. The van der Waals surface area contributed by atoms with Gasteiger partial charge >= 0.3 is 5.97 Å². The number of anilines is 1. The molecule has 86 valence electrons. The number of nitrogens with zero attached hydrogens (tertiary/aromatic N) is 1. The minimum absolute atomic E-state index is 0.208. The second-order valence-corrected chi connectivity index (χ2v) is 4.57. The van der Waals surface area contributed by atoms with Gasteiger partial charge in [0.2, 0.25) is 0 Å². The first-order valence-corrected chi connectivity index (χ1v) is 5.71. The standard InChI is InChI=1S/C13H17NO2/c1-10-8-14(9-10)12-4-2-3-11(7-12)5-6-13(15)16/h2-4,7,10H,5-6,8-9H2,1H3,(H,15,16). The first kappa shape index (κ1) is 11.0. The van der Waals surface area contributed by atoms with Crippen molar-refractivity contribution in [2.24, 2.45) is 5.92 Å². The number of aliphatic carboxylic acids is 1. The molecule has 3 nitrogen and oxygen atoms in total. The van der Waals surface area contributed by atoms with Crippen LogP contribution in [0.15, 0.2) is 24.3 Å². The molecule has 1 aliphatic heterocycles. The number of hydrogen-bond acceptors (Lipinski definition) is 2. The van der Waals surface area contributed by atoms with Crippen LogP contribution in [0.3, 0.4) is 0 Å². The van der Waals surface area contributed by atoms with E-state index in [4.69, 9.17) is 5.11 Å². The lowest BCUT2D eigenvalue weighted by molar-refractivity contribution is -0.136. The molecule has 2 rings (SSSR count). The molecule has 0 saturated carbocycles. The lowest BCUT2D eigenvalue weighted by Gasteiger charge is -2.39. The fraction of sp³-hybridized carbons (Fsp3) is 0.462. The summed E-state index contributed by atoms with van der Waals surface area (Å²) in [5.74, 6) is 0.0469. The van der Waals surface area contributed by atoms with Crippen LogP contribution in [-0.2, 0) is 11.2 Å². The minimum atomic E-state index is -0.733. The Labute approximate surface area is 95.7 Å². The van der Waals surface area contributed by atoms with E-state index < -0.39 is 5.97 Å². The molecule has 1 fully saturated rings. The smallest absolute Gasteiger partial charge is 0.303 e. The van der Waals surface area contributed by atoms with Gasteiger partial charge in [0, 0.05) is 25.2 Å². The van der Waals surface area contributed by atoms with E-state index in [1.54, 1.807) is 0 Å². The van der Waals surface area contributed by atoms with Gasteiger partial charge in [0.05, 0.1) is 0 Å². The van der Waals surface area contributed by atoms with Crippen molar-refractivity contribution in [1.29, 1.82) is 0 Å². The maximum Gasteiger partial charge on any atom is 0.303 e. The molecule has 1 heterocycles. The second kappa shape index (κ2) is 4.56. The molecule has 1 aromatic carbocycles. The van der Waals surface area contributed by atoms with E-state index in [2.05, 4.69) is 24.0 Å². The van der Waals surface area contributed by atoms with E-state index in [0.29, 0.717) is 6.42 Å². The lowest BCUT2D eigenvalue weighted by Crippen LogP contribution is -2.45. The maximum atomic E-state index is 10.5. The number of rotatable bonds is 4. The number of hydrogen-bond donors (Lipinski definition) is 1. The lowest BCUT2D eigenvalue weighted by atomic mass is 10.0. The molecule has 1 aromatic rings. The van der Waals surface area contributed by atoms with Gasteiger partial charge in [-0.05, 0) is 30.0 Å². The Morgan fingerprint density at radius 2 is 2.25 bits per heavy atom.